The first-order valence-electron chi connectivity index (χ1n) is 8.47. The third kappa shape index (κ3) is 5.82. The Bertz CT molecular complexity index is 522. The highest BCUT2D eigenvalue weighted by atomic mass is 19.4. The van der Waals surface area contributed by atoms with Gasteiger partial charge in [-0.3, -0.25) is 4.79 Å². The van der Waals surface area contributed by atoms with Gasteiger partial charge in [0.2, 0.25) is 5.91 Å². The van der Waals surface area contributed by atoms with Gasteiger partial charge < -0.3 is 10.4 Å². The van der Waals surface area contributed by atoms with Gasteiger partial charge in [-0.2, -0.15) is 13.2 Å². The minimum absolute atomic E-state index is 0.190. The van der Waals surface area contributed by atoms with Crippen LogP contribution in [0.4, 0.5) is 13.2 Å². The molecule has 1 aromatic carbocycles. The van der Waals surface area contributed by atoms with Crippen molar-refractivity contribution in [2.24, 2.45) is 5.92 Å². The lowest BCUT2D eigenvalue weighted by Gasteiger charge is -2.26. The number of nitrogens with one attached hydrogen (secondary N) is 1. The molecule has 1 fully saturated rings. The van der Waals surface area contributed by atoms with Gasteiger partial charge in [0.1, 0.15) is 0 Å². The Morgan fingerprint density at radius 3 is 2.38 bits per heavy atom. The normalized spacial score (nSPS) is 17.5. The Labute approximate surface area is 140 Å². The van der Waals surface area contributed by atoms with Crippen LogP contribution < -0.4 is 5.32 Å². The van der Waals surface area contributed by atoms with Gasteiger partial charge in [0.25, 0.3) is 0 Å². The summed E-state index contributed by atoms with van der Waals surface area (Å²) in [7, 11) is 0. The minimum Gasteiger partial charge on any atom is -0.391 e. The van der Waals surface area contributed by atoms with E-state index in [0.717, 1.165) is 37.8 Å². The van der Waals surface area contributed by atoms with Crippen molar-refractivity contribution in [2.75, 3.05) is 6.54 Å². The van der Waals surface area contributed by atoms with E-state index in [1.54, 1.807) is 0 Å². The molecule has 2 N–H and O–H groups in total. The van der Waals surface area contributed by atoms with E-state index in [2.05, 4.69) is 5.32 Å². The fourth-order valence-corrected chi connectivity index (χ4v) is 3.11. The molecular weight excluding hydrogens is 319 g/mol. The predicted octanol–water partition coefficient (Wildman–Crippen LogP) is 3.70. The summed E-state index contributed by atoms with van der Waals surface area (Å²) in [5.74, 6) is 0.0683. The van der Waals surface area contributed by atoms with Crippen LogP contribution in [-0.2, 0) is 17.4 Å². The van der Waals surface area contributed by atoms with E-state index in [9.17, 15) is 23.1 Å². The number of halogens is 3. The molecular formula is C18H24F3NO2. The van der Waals surface area contributed by atoms with Crippen molar-refractivity contribution < 1.29 is 23.1 Å². The fourth-order valence-electron chi connectivity index (χ4n) is 3.11. The van der Waals surface area contributed by atoms with Crippen LogP contribution in [-0.4, -0.2) is 23.7 Å². The Morgan fingerprint density at radius 2 is 1.79 bits per heavy atom. The largest absolute Gasteiger partial charge is 0.416 e. The van der Waals surface area contributed by atoms with E-state index in [0.29, 0.717) is 12.0 Å². The summed E-state index contributed by atoms with van der Waals surface area (Å²) in [6.07, 6.45) is 1.19. The number of hydrogen-bond acceptors (Lipinski definition) is 2. The van der Waals surface area contributed by atoms with Crippen molar-refractivity contribution in [1.82, 2.24) is 5.32 Å². The molecule has 0 aromatic heterocycles. The molecule has 2 rings (SSSR count). The van der Waals surface area contributed by atoms with Gasteiger partial charge in [-0.15, -0.1) is 0 Å². The molecule has 0 bridgehead atoms. The summed E-state index contributed by atoms with van der Waals surface area (Å²) in [5.41, 5.74) is -0.00251. The van der Waals surface area contributed by atoms with Crippen LogP contribution in [0.15, 0.2) is 24.3 Å². The number of carbonyl (C=O) groups is 1. The maximum absolute atomic E-state index is 12.5. The van der Waals surface area contributed by atoms with Crippen LogP contribution in [0.3, 0.4) is 0 Å². The van der Waals surface area contributed by atoms with Crippen LogP contribution in [0, 0.1) is 5.92 Å². The van der Waals surface area contributed by atoms with Crippen LogP contribution >= 0.6 is 0 Å². The fraction of sp³-hybridized carbons (Fsp3) is 0.611. The number of amides is 1. The molecule has 0 unspecified atom stereocenters. The van der Waals surface area contributed by atoms with Gasteiger partial charge in [-0.25, -0.2) is 0 Å². The van der Waals surface area contributed by atoms with Gasteiger partial charge in [0.05, 0.1) is 11.7 Å². The van der Waals surface area contributed by atoms with Gasteiger partial charge in [0.15, 0.2) is 0 Å². The molecule has 0 radical (unpaired) electrons. The van der Waals surface area contributed by atoms with Gasteiger partial charge in [-0.05, 0) is 42.9 Å². The summed E-state index contributed by atoms with van der Waals surface area (Å²) in [6.45, 7) is 0.247. The summed E-state index contributed by atoms with van der Waals surface area (Å²) >= 11 is 0. The minimum atomic E-state index is -4.34. The Morgan fingerprint density at radius 1 is 1.17 bits per heavy atom. The zero-order chi connectivity index (χ0) is 17.6. The molecule has 1 saturated carbocycles. The second-order valence-corrected chi connectivity index (χ2v) is 6.46. The molecule has 134 valence electrons. The Balaban J connectivity index is 1.71. The summed E-state index contributed by atoms with van der Waals surface area (Å²) < 4.78 is 37.4. The Kier molecular flexibility index (Phi) is 6.66. The molecule has 1 aliphatic carbocycles. The number of benzene rings is 1. The second-order valence-electron chi connectivity index (χ2n) is 6.46. The molecule has 24 heavy (non-hydrogen) atoms. The standard InChI is InChI=1S/C18H24F3NO2/c19-18(20,21)15-9-6-13(7-10-15)8-11-17(24)22-12-16(23)14-4-2-1-3-5-14/h6-7,9-10,14,16,23H,1-5,8,11-12H2,(H,22,24)/t16-/m1/s1. The number of aryl methyl sites for hydroxylation is 1. The van der Waals surface area contributed by atoms with Crippen molar-refractivity contribution in [3.05, 3.63) is 35.4 Å². The molecule has 1 atom stereocenters. The number of aliphatic hydroxyl groups excluding tert-OH is 1. The van der Waals surface area contributed by atoms with Gasteiger partial charge in [0, 0.05) is 13.0 Å². The molecule has 0 spiro atoms. The highest BCUT2D eigenvalue weighted by Crippen LogP contribution is 2.29. The molecule has 0 heterocycles. The zero-order valence-electron chi connectivity index (χ0n) is 13.6. The third-order valence-corrected chi connectivity index (χ3v) is 4.62. The lowest BCUT2D eigenvalue weighted by Crippen LogP contribution is -2.37. The molecule has 1 aromatic rings. The predicted molar refractivity (Wildman–Crippen MR) is 85.4 cm³/mol. The number of carbonyl (C=O) groups excluding carboxylic acids is 1. The molecule has 6 heteroatoms. The van der Waals surface area contributed by atoms with E-state index < -0.39 is 17.8 Å². The van der Waals surface area contributed by atoms with Crippen LogP contribution in [0.25, 0.3) is 0 Å². The Hall–Kier alpha value is -1.56. The highest BCUT2D eigenvalue weighted by molar-refractivity contribution is 5.76. The van der Waals surface area contributed by atoms with Crippen molar-refractivity contribution in [1.29, 1.82) is 0 Å². The molecule has 0 aliphatic heterocycles. The maximum Gasteiger partial charge on any atom is 0.416 e. The summed E-state index contributed by atoms with van der Waals surface area (Å²) in [4.78, 5) is 11.8. The van der Waals surface area contributed by atoms with Crippen molar-refractivity contribution in [3.8, 4) is 0 Å². The van der Waals surface area contributed by atoms with Crippen molar-refractivity contribution >= 4 is 5.91 Å². The van der Waals surface area contributed by atoms with Crippen LogP contribution in [0.2, 0.25) is 0 Å². The lowest BCUT2D eigenvalue weighted by molar-refractivity contribution is -0.137. The monoisotopic (exact) mass is 343 g/mol. The zero-order valence-corrected chi connectivity index (χ0v) is 13.6. The molecule has 1 aliphatic rings. The van der Waals surface area contributed by atoms with E-state index in [1.165, 1.54) is 18.6 Å². The average Bonchev–Trinajstić information content (AvgIpc) is 2.58. The van der Waals surface area contributed by atoms with E-state index in [-0.39, 0.29) is 24.8 Å². The number of rotatable bonds is 6. The smallest absolute Gasteiger partial charge is 0.391 e. The van der Waals surface area contributed by atoms with E-state index in [4.69, 9.17) is 0 Å². The van der Waals surface area contributed by atoms with Gasteiger partial charge >= 0.3 is 6.18 Å². The SMILES string of the molecule is O=C(CCc1ccc(C(F)(F)F)cc1)NC[C@@H](O)C1CCCCC1. The van der Waals surface area contributed by atoms with E-state index in [1.807, 2.05) is 0 Å². The maximum atomic E-state index is 12.5. The summed E-state index contributed by atoms with van der Waals surface area (Å²) in [5, 5.41) is 12.8. The first kappa shape index (κ1) is 18.8. The van der Waals surface area contributed by atoms with Crippen molar-refractivity contribution in [2.45, 2.75) is 57.2 Å². The molecule has 3 nitrogen and oxygen atoms in total. The average molecular weight is 343 g/mol. The third-order valence-electron chi connectivity index (χ3n) is 4.62. The molecule has 1 amide bonds. The topological polar surface area (TPSA) is 49.3 Å². The number of hydrogen-bond donors (Lipinski definition) is 2. The number of alkyl halides is 3. The number of aliphatic hydroxyl groups is 1. The quantitative estimate of drug-likeness (QED) is 0.827. The first-order chi connectivity index (χ1) is 11.4. The second kappa shape index (κ2) is 8.51. The first-order valence-corrected chi connectivity index (χ1v) is 8.47. The van der Waals surface area contributed by atoms with Crippen molar-refractivity contribution in [3.63, 3.8) is 0 Å². The summed E-state index contributed by atoms with van der Waals surface area (Å²) in [6, 6.07) is 4.85. The van der Waals surface area contributed by atoms with Gasteiger partial charge in [-0.1, -0.05) is 31.4 Å². The highest BCUT2D eigenvalue weighted by Gasteiger charge is 2.29. The molecule has 0 saturated heterocycles. The lowest BCUT2D eigenvalue weighted by atomic mass is 9.85. The van der Waals surface area contributed by atoms with Crippen LogP contribution in [0.1, 0.15) is 49.7 Å². The van der Waals surface area contributed by atoms with Crippen LogP contribution in [0.5, 0.6) is 0 Å². The van der Waals surface area contributed by atoms with E-state index >= 15 is 0 Å².